The zero-order valence-corrected chi connectivity index (χ0v) is 13.0. The first-order valence-corrected chi connectivity index (χ1v) is 7.36. The first kappa shape index (κ1) is 16.8. The highest BCUT2D eigenvalue weighted by Crippen LogP contribution is 2.19. The van der Waals surface area contributed by atoms with Crippen LogP contribution in [0, 0.1) is 18.6 Å². The van der Waals surface area contributed by atoms with Crippen LogP contribution in [0.3, 0.4) is 0 Å². The smallest absolute Gasteiger partial charge is 0.274 e. The summed E-state index contributed by atoms with van der Waals surface area (Å²) >= 11 is 0. The van der Waals surface area contributed by atoms with Gasteiger partial charge in [0.25, 0.3) is 5.91 Å². The number of halogens is 2. The Bertz CT molecular complexity index is 686. The third-order valence-corrected chi connectivity index (χ3v) is 3.10. The van der Waals surface area contributed by atoms with Crippen molar-refractivity contribution in [2.75, 3.05) is 17.2 Å². The molecule has 1 aromatic heterocycles. The van der Waals surface area contributed by atoms with Crippen LogP contribution in [0.4, 0.5) is 20.4 Å². The summed E-state index contributed by atoms with van der Waals surface area (Å²) < 4.78 is 27.2. The van der Waals surface area contributed by atoms with E-state index < -0.39 is 23.2 Å². The van der Waals surface area contributed by atoms with Crippen molar-refractivity contribution < 1.29 is 13.6 Å². The Labute approximate surface area is 133 Å². The van der Waals surface area contributed by atoms with E-state index in [9.17, 15) is 13.6 Å². The van der Waals surface area contributed by atoms with Crippen LogP contribution in [0.25, 0.3) is 0 Å². The maximum Gasteiger partial charge on any atom is 0.274 e. The van der Waals surface area contributed by atoms with E-state index in [4.69, 9.17) is 0 Å². The minimum atomic E-state index is -0.842. The van der Waals surface area contributed by atoms with Crippen molar-refractivity contribution >= 4 is 17.5 Å². The minimum Gasteiger partial charge on any atom is -0.354 e. The fraction of sp³-hybridized carbons (Fsp3) is 0.312. The first-order valence-electron chi connectivity index (χ1n) is 7.36. The Balaban J connectivity index is 2.18. The monoisotopic (exact) mass is 320 g/mol. The number of carbonyl (C=O) groups is 1. The summed E-state index contributed by atoms with van der Waals surface area (Å²) in [5, 5.41) is 5.23. The molecule has 5 nitrogen and oxygen atoms in total. The van der Waals surface area contributed by atoms with E-state index >= 15 is 0 Å². The molecule has 23 heavy (non-hydrogen) atoms. The van der Waals surface area contributed by atoms with E-state index in [1.54, 1.807) is 6.92 Å². The van der Waals surface area contributed by atoms with Gasteiger partial charge in [-0.3, -0.25) is 4.79 Å². The summed E-state index contributed by atoms with van der Waals surface area (Å²) in [5.41, 5.74) is 0.131. The molecular weight excluding hydrogens is 302 g/mol. The van der Waals surface area contributed by atoms with Crippen molar-refractivity contribution in [3.8, 4) is 0 Å². The lowest BCUT2D eigenvalue weighted by Gasteiger charge is -2.09. The molecular formula is C16H18F2N4O. The SMILES string of the molecule is CCCCNc1nc(C)cc(C(=O)Nc2c(F)cccc2F)n1. The number of carbonyl (C=O) groups excluding carboxylic acids is 1. The zero-order chi connectivity index (χ0) is 16.8. The summed E-state index contributed by atoms with van der Waals surface area (Å²) in [4.78, 5) is 20.5. The number of hydrogen-bond donors (Lipinski definition) is 2. The number of amides is 1. The van der Waals surface area contributed by atoms with Crippen LogP contribution in [0.5, 0.6) is 0 Å². The number of nitrogens with zero attached hydrogens (tertiary/aromatic N) is 2. The summed E-state index contributed by atoms with van der Waals surface area (Å²) in [6.45, 7) is 4.46. The molecule has 2 N–H and O–H groups in total. The average Bonchev–Trinajstić information content (AvgIpc) is 2.50. The van der Waals surface area contributed by atoms with Crippen LogP contribution in [-0.2, 0) is 0 Å². The fourth-order valence-electron chi connectivity index (χ4n) is 1.94. The lowest BCUT2D eigenvalue weighted by atomic mass is 10.2. The van der Waals surface area contributed by atoms with Crippen LogP contribution in [-0.4, -0.2) is 22.4 Å². The van der Waals surface area contributed by atoms with Crippen molar-refractivity contribution in [3.05, 3.63) is 47.3 Å². The maximum absolute atomic E-state index is 13.6. The molecule has 1 heterocycles. The van der Waals surface area contributed by atoms with E-state index in [0.717, 1.165) is 25.0 Å². The zero-order valence-electron chi connectivity index (χ0n) is 13.0. The third kappa shape index (κ3) is 4.45. The van der Waals surface area contributed by atoms with E-state index in [1.807, 2.05) is 0 Å². The van der Waals surface area contributed by atoms with Crippen molar-refractivity contribution in [1.29, 1.82) is 0 Å². The van der Waals surface area contributed by atoms with Crippen LogP contribution < -0.4 is 10.6 Å². The highest BCUT2D eigenvalue weighted by molar-refractivity contribution is 6.03. The Morgan fingerprint density at radius 2 is 1.91 bits per heavy atom. The molecule has 0 unspecified atom stereocenters. The standard InChI is InChI=1S/C16H18F2N4O/c1-3-4-8-19-16-20-10(2)9-13(21-16)15(23)22-14-11(17)6-5-7-12(14)18/h5-7,9H,3-4,8H2,1-2H3,(H,22,23)(H,19,20,21). The van der Waals surface area contributed by atoms with Crippen molar-refractivity contribution in [2.45, 2.75) is 26.7 Å². The van der Waals surface area contributed by atoms with Crippen molar-refractivity contribution in [1.82, 2.24) is 9.97 Å². The van der Waals surface area contributed by atoms with E-state index in [2.05, 4.69) is 27.5 Å². The number of hydrogen-bond acceptors (Lipinski definition) is 4. The number of aryl methyl sites for hydroxylation is 1. The van der Waals surface area contributed by atoms with E-state index in [0.29, 0.717) is 18.2 Å². The van der Waals surface area contributed by atoms with Gasteiger partial charge < -0.3 is 10.6 Å². The fourth-order valence-corrected chi connectivity index (χ4v) is 1.94. The van der Waals surface area contributed by atoms with Crippen molar-refractivity contribution in [3.63, 3.8) is 0 Å². The van der Waals surface area contributed by atoms with Gasteiger partial charge in [0.1, 0.15) is 23.0 Å². The predicted molar refractivity (Wildman–Crippen MR) is 84.5 cm³/mol. The molecule has 0 aliphatic heterocycles. The number of benzene rings is 1. The van der Waals surface area contributed by atoms with Gasteiger partial charge in [0, 0.05) is 12.2 Å². The number of rotatable bonds is 6. The Morgan fingerprint density at radius 3 is 2.57 bits per heavy atom. The quantitative estimate of drug-likeness (QED) is 0.799. The molecule has 0 saturated heterocycles. The molecule has 2 rings (SSSR count). The number of unbranched alkanes of at least 4 members (excludes halogenated alkanes) is 1. The highest BCUT2D eigenvalue weighted by Gasteiger charge is 2.15. The summed E-state index contributed by atoms with van der Waals surface area (Å²) in [6.07, 6.45) is 1.96. The topological polar surface area (TPSA) is 66.9 Å². The second kappa shape index (κ2) is 7.62. The normalized spacial score (nSPS) is 10.4. The minimum absolute atomic E-state index is 0.0409. The van der Waals surface area contributed by atoms with Gasteiger partial charge in [0.05, 0.1) is 0 Å². The van der Waals surface area contributed by atoms with Crippen LogP contribution in [0.15, 0.2) is 24.3 Å². The molecule has 122 valence electrons. The van der Waals surface area contributed by atoms with E-state index in [1.165, 1.54) is 12.1 Å². The lowest BCUT2D eigenvalue weighted by Crippen LogP contribution is -2.18. The Hall–Kier alpha value is -2.57. The largest absolute Gasteiger partial charge is 0.354 e. The summed E-state index contributed by atoms with van der Waals surface area (Å²) in [5.74, 6) is -2.06. The molecule has 0 bridgehead atoms. The predicted octanol–water partition coefficient (Wildman–Crippen LogP) is 3.53. The Kier molecular flexibility index (Phi) is 5.56. The van der Waals surface area contributed by atoms with Gasteiger partial charge in [-0.15, -0.1) is 0 Å². The van der Waals surface area contributed by atoms with Gasteiger partial charge in [-0.25, -0.2) is 18.7 Å². The van der Waals surface area contributed by atoms with Gasteiger partial charge in [-0.1, -0.05) is 19.4 Å². The first-order chi connectivity index (χ1) is 11.0. The average molecular weight is 320 g/mol. The van der Waals surface area contributed by atoms with E-state index in [-0.39, 0.29) is 5.69 Å². The summed E-state index contributed by atoms with van der Waals surface area (Å²) in [6, 6.07) is 4.83. The molecule has 0 radical (unpaired) electrons. The van der Waals surface area contributed by atoms with Gasteiger partial charge in [0.15, 0.2) is 0 Å². The molecule has 1 aromatic carbocycles. The third-order valence-electron chi connectivity index (χ3n) is 3.10. The molecule has 0 atom stereocenters. The van der Waals surface area contributed by atoms with Crippen LogP contribution >= 0.6 is 0 Å². The van der Waals surface area contributed by atoms with Gasteiger partial charge in [0.2, 0.25) is 5.95 Å². The summed E-state index contributed by atoms with van der Waals surface area (Å²) in [7, 11) is 0. The molecule has 7 heteroatoms. The van der Waals surface area contributed by atoms with Gasteiger partial charge in [-0.2, -0.15) is 0 Å². The number of nitrogens with one attached hydrogen (secondary N) is 2. The maximum atomic E-state index is 13.6. The molecule has 0 saturated carbocycles. The van der Waals surface area contributed by atoms with Crippen LogP contribution in [0.2, 0.25) is 0 Å². The number of aromatic nitrogens is 2. The Morgan fingerprint density at radius 1 is 1.22 bits per heavy atom. The second-order valence-electron chi connectivity index (χ2n) is 5.05. The van der Waals surface area contributed by atoms with Crippen molar-refractivity contribution in [2.24, 2.45) is 0 Å². The van der Waals surface area contributed by atoms with Gasteiger partial charge in [-0.05, 0) is 31.5 Å². The highest BCUT2D eigenvalue weighted by atomic mass is 19.1. The lowest BCUT2D eigenvalue weighted by molar-refractivity contribution is 0.102. The molecule has 0 spiro atoms. The van der Waals surface area contributed by atoms with Crippen LogP contribution in [0.1, 0.15) is 35.9 Å². The number of anilines is 2. The molecule has 0 aliphatic carbocycles. The molecule has 0 fully saturated rings. The van der Waals surface area contributed by atoms with Gasteiger partial charge >= 0.3 is 0 Å². The second-order valence-corrected chi connectivity index (χ2v) is 5.05. The molecule has 2 aromatic rings. The molecule has 1 amide bonds. The molecule has 0 aliphatic rings. The number of para-hydroxylation sites is 1.